The average Bonchev–Trinajstić information content (AvgIpc) is 2.58. The first-order valence-electron chi connectivity index (χ1n) is 8.95. The number of aliphatic hydroxyl groups excluding tert-OH is 1. The molecule has 0 spiro atoms. The third kappa shape index (κ3) is 6.72. The molecule has 0 radical (unpaired) electrons. The highest BCUT2D eigenvalue weighted by Crippen LogP contribution is 2.11. The van der Waals surface area contributed by atoms with E-state index in [1.807, 2.05) is 0 Å². The van der Waals surface area contributed by atoms with Crippen LogP contribution in [0.5, 0.6) is 0 Å². The van der Waals surface area contributed by atoms with Crippen LogP contribution in [0.25, 0.3) is 0 Å². The van der Waals surface area contributed by atoms with E-state index in [9.17, 15) is 19.5 Å². The van der Waals surface area contributed by atoms with Crippen LogP contribution in [0.3, 0.4) is 0 Å². The van der Waals surface area contributed by atoms with Gasteiger partial charge < -0.3 is 26.4 Å². The van der Waals surface area contributed by atoms with Crippen LogP contribution in [0.4, 0.5) is 0 Å². The molecule has 8 heteroatoms. The Labute approximate surface area is 149 Å². The highest BCUT2D eigenvalue weighted by molar-refractivity contribution is 5.94. The van der Waals surface area contributed by atoms with Crippen molar-refractivity contribution in [3.8, 4) is 0 Å². The van der Waals surface area contributed by atoms with Crippen LogP contribution in [-0.2, 0) is 14.4 Å². The summed E-state index contributed by atoms with van der Waals surface area (Å²) in [7, 11) is 1.69. The van der Waals surface area contributed by atoms with Crippen LogP contribution in [0.2, 0.25) is 0 Å². The second-order valence-electron chi connectivity index (χ2n) is 6.95. The molecule has 0 aromatic carbocycles. The highest BCUT2D eigenvalue weighted by Gasteiger charge is 2.32. The van der Waals surface area contributed by atoms with Gasteiger partial charge in [0.15, 0.2) is 5.78 Å². The zero-order valence-electron chi connectivity index (χ0n) is 15.6. The van der Waals surface area contributed by atoms with Gasteiger partial charge in [-0.1, -0.05) is 13.8 Å². The van der Waals surface area contributed by atoms with Gasteiger partial charge in [0.1, 0.15) is 12.1 Å². The molecular formula is C17H32N4O4. The SMILES string of the molecule is CNC[C@H](NC(=O)[C@@H](NC(=O)[C@H]1CCCNC1)[C@H](C)O)C(=O)C(C)C. The quantitative estimate of drug-likeness (QED) is 0.353. The third-order valence-electron chi connectivity index (χ3n) is 4.37. The average molecular weight is 356 g/mol. The first kappa shape index (κ1) is 21.5. The van der Waals surface area contributed by atoms with E-state index in [1.165, 1.54) is 6.92 Å². The minimum atomic E-state index is -1.09. The Morgan fingerprint density at radius 1 is 1.20 bits per heavy atom. The second kappa shape index (κ2) is 10.5. The Kier molecular flexibility index (Phi) is 9.02. The fourth-order valence-electron chi connectivity index (χ4n) is 2.84. The normalized spacial score (nSPS) is 21.3. The van der Waals surface area contributed by atoms with Crippen molar-refractivity contribution in [3.63, 3.8) is 0 Å². The molecule has 25 heavy (non-hydrogen) atoms. The number of piperidine rings is 1. The first-order chi connectivity index (χ1) is 11.8. The fourth-order valence-corrected chi connectivity index (χ4v) is 2.84. The van der Waals surface area contributed by atoms with Crippen LogP contribution in [-0.4, -0.2) is 67.6 Å². The lowest BCUT2D eigenvalue weighted by molar-refractivity contribution is -0.135. The van der Waals surface area contributed by atoms with Crippen molar-refractivity contribution >= 4 is 17.6 Å². The fraction of sp³-hybridized carbons (Fsp3) is 0.824. The number of amides is 2. The van der Waals surface area contributed by atoms with Crippen LogP contribution >= 0.6 is 0 Å². The van der Waals surface area contributed by atoms with Crippen molar-refractivity contribution < 1.29 is 19.5 Å². The summed E-state index contributed by atoms with van der Waals surface area (Å²) < 4.78 is 0. The molecule has 0 unspecified atom stereocenters. The van der Waals surface area contributed by atoms with Gasteiger partial charge in [-0.05, 0) is 33.4 Å². The van der Waals surface area contributed by atoms with Crippen molar-refractivity contribution in [1.82, 2.24) is 21.3 Å². The zero-order chi connectivity index (χ0) is 19.0. The molecule has 2 amide bonds. The summed E-state index contributed by atoms with van der Waals surface area (Å²) in [6, 6.07) is -1.79. The minimum Gasteiger partial charge on any atom is -0.391 e. The van der Waals surface area contributed by atoms with E-state index in [4.69, 9.17) is 0 Å². The lowest BCUT2D eigenvalue weighted by atomic mass is 9.97. The molecule has 1 saturated heterocycles. The number of carbonyl (C=O) groups excluding carboxylic acids is 3. The Balaban J connectivity index is 2.73. The number of ketones is 1. The van der Waals surface area contributed by atoms with Gasteiger partial charge in [0.25, 0.3) is 0 Å². The van der Waals surface area contributed by atoms with Crippen LogP contribution in [0, 0.1) is 11.8 Å². The van der Waals surface area contributed by atoms with Crippen molar-refractivity contribution in [2.75, 3.05) is 26.7 Å². The van der Waals surface area contributed by atoms with E-state index in [0.717, 1.165) is 19.4 Å². The minimum absolute atomic E-state index is 0.102. The molecule has 1 aliphatic heterocycles. The van der Waals surface area contributed by atoms with Gasteiger partial charge in [-0.15, -0.1) is 0 Å². The maximum atomic E-state index is 12.5. The Morgan fingerprint density at radius 2 is 1.88 bits per heavy atom. The summed E-state index contributed by atoms with van der Waals surface area (Å²) in [5.74, 6) is -1.36. The molecule has 144 valence electrons. The summed E-state index contributed by atoms with van der Waals surface area (Å²) in [4.78, 5) is 37.1. The summed E-state index contributed by atoms with van der Waals surface area (Å²) >= 11 is 0. The smallest absolute Gasteiger partial charge is 0.245 e. The summed E-state index contributed by atoms with van der Waals surface area (Å²) in [6.45, 7) is 6.71. The molecule has 4 atom stereocenters. The Hall–Kier alpha value is -1.51. The van der Waals surface area contributed by atoms with E-state index in [1.54, 1.807) is 20.9 Å². The van der Waals surface area contributed by atoms with E-state index in [-0.39, 0.29) is 30.1 Å². The van der Waals surface area contributed by atoms with Gasteiger partial charge in [0.05, 0.1) is 12.0 Å². The molecule has 1 heterocycles. The number of hydrogen-bond acceptors (Lipinski definition) is 6. The summed E-state index contributed by atoms with van der Waals surface area (Å²) in [6.07, 6.45) is 0.586. The maximum absolute atomic E-state index is 12.5. The zero-order valence-corrected chi connectivity index (χ0v) is 15.6. The van der Waals surface area contributed by atoms with Crippen LogP contribution in [0.15, 0.2) is 0 Å². The van der Waals surface area contributed by atoms with E-state index in [0.29, 0.717) is 6.54 Å². The highest BCUT2D eigenvalue weighted by atomic mass is 16.3. The molecule has 0 aliphatic carbocycles. The molecule has 0 bridgehead atoms. The number of aliphatic hydroxyl groups is 1. The van der Waals surface area contributed by atoms with E-state index in [2.05, 4.69) is 21.3 Å². The third-order valence-corrected chi connectivity index (χ3v) is 4.37. The topological polar surface area (TPSA) is 120 Å². The van der Waals surface area contributed by atoms with E-state index >= 15 is 0 Å². The second-order valence-corrected chi connectivity index (χ2v) is 6.95. The molecule has 1 fully saturated rings. The lowest BCUT2D eigenvalue weighted by Gasteiger charge is -2.28. The molecular weight excluding hydrogens is 324 g/mol. The van der Waals surface area contributed by atoms with Crippen LogP contribution in [0.1, 0.15) is 33.6 Å². The number of carbonyl (C=O) groups is 3. The predicted molar refractivity (Wildman–Crippen MR) is 94.9 cm³/mol. The van der Waals surface area contributed by atoms with Gasteiger partial charge in [-0.3, -0.25) is 14.4 Å². The van der Waals surface area contributed by atoms with Gasteiger partial charge >= 0.3 is 0 Å². The monoisotopic (exact) mass is 356 g/mol. The molecule has 5 N–H and O–H groups in total. The van der Waals surface area contributed by atoms with Crippen molar-refractivity contribution in [2.45, 2.75) is 51.8 Å². The predicted octanol–water partition coefficient (Wildman–Crippen LogP) is -1.22. The van der Waals surface area contributed by atoms with Crippen molar-refractivity contribution in [3.05, 3.63) is 0 Å². The van der Waals surface area contributed by atoms with Crippen molar-refractivity contribution in [2.24, 2.45) is 11.8 Å². The molecule has 0 saturated carbocycles. The first-order valence-corrected chi connectivity index (χ1v) is 8.95. The number of likely N-dealkylation sites (N-methyl/N-ethyl adjacent to an activating group) is 1. The summed E-state index contributed by atoms with van der Waals surface area (Å²) in [5, 5.41) is 21.2. The van der Waals surface area contributed by atoms with Gasteiger partial charge in [-0.2, -0.15) is 0 Å². The lowest BCUT2D eigenvalue weighted by Crippen LogP contribution is -2.59. The summed E-state index contributed by atoms with van der Waals surface area (Å²) in [5.41, 5.74) is 0. The molecule has 1 rings (SSSR count). The number of Topliss-reactive ketones (excluding diaryl/α,β-unsaturated/α-hetero) is 1. The molecule has 0 aromatic heterocycles. The van der Waals surface area contributed by atoms with Gasteiger partial charge in [0, 0.05) is 19.0 Å². The maximum Gasteiger partial charge on any atom is 0.245 e. The molecule has 0 aromatic rings. The van der Waals surface area contributed by atoms with Crippen LogP contribution < -0.4 is 21.3 Å². The molecule has 8 nitrogen and oxygen atoms in total. The number of rotatable bonds is 9. The van der Waals surface area contributed by atoms with Crippen molar-refractivity contribution in [1.29, 1.82) is 0 Å². The van der Waals surface area contributed by atoms with Gasteiger partial charge in [0.2, 0.25) is 11.8 Å². The largest absolute Gasteiger partial charge is 0.391 e. The standard InChI is InChI=1S/C17H32N4O4/c1-10(2)15(23)13(9-18-4)20-17(25)14(11(3)22)21-16(24)12-6-5-7-19-8-12/h10-14,18-19,22H,5-9H2,1-4H3,(H,20,25)(H,21,24)/t11-,12-,13-,14-/m0/s1. The molecule has 1 aliphatic rings. The van der Waals surface area contributed by atoms with Gasteiger partial charge in [-0.25, -0.2) is 0 Å². The Morgan fingerprint density at radius 3 is 2.36 bits per heavy atom. The Bertz CT molecular complexity index is 462. The van der Waals surface area contributed by atoms with E-state index < -0.39 is 24.1 Å². The number of hydrogen-bond donors (Lipinski definition) is 5. The number of nitrogens with one attached hydrogen (secondary N) is 4.